The topological polar surface area (TPSA) is 75.6 Å². The third-order valence-electron chi connectivity index (χ3n) is 2.69. The maximum Gasteiger partial charge on any atom is 0.326 e. The van der Waals surface area contributed by atoms with Crippen molar-refractivity contribution in [3.63, 3.8) is 0 Å². The van der Waals surface area contributed by atoms with Crippen LogP contribution in [0.25, 0.3) is 0 Å². The second-order valence-electron chi connectivity index (χ2n) is 4.06. The molecule has 0 fully saturated rings. The van der Waals surface area contributed by atoms with E-state index < -0.39 is 17.9 Å². The minimum absolute atomic E-state index is 0.271. The Morgan fingerprint density at radius 1 is 1.47 bits per heavy atom. The fourth-order valence-corrected chi connectivity index (χ4v) is 1.85. The van der Waals surface area contributed by atoms with Crippen molar-refractivity contribution in [3.05, 3.63) is 29.3 Å². The average molecular weight is 283 g/mol. The molecule has 1 rings (SSSR count). The highest BCUT2D eigenvalue weighted by Crippen LogP contribution is 2.19. The molecule has 1 aromatic carbocycles. The maximum atomic E-state index is 12.0. The molecule has 0 spiro atoms. The summed E-state index contributed by atoms with van der Waals surface area (Å²) in [6.07, 6.45) is 0.271. The summed E-state index contributed by atoms with van der Waals surface area (Å²) in [6, 6.07) is 4.04. The van der Waals surface area contributed by atoms with Crippen LogP contribution >= 0.6 is 12.6 Å². The number of aryl methyl sites for hydroxylation is 1. The highest BCUT2D eigenvalue weighted by molar-refractivity contribution is 7.80. The van der Waals surface area contributed by atoms with E-state index in [9.17, 15) is 9.59 Å². The van der Waals surface area contributed by atoms with Crippen LogP contribution in [0.4, 0.5) is 0 Å². The third-order valence-corrected chi connectivity index (χ3v) is 2.95. The van der Waals surface area contributed by atoms with Crippen molar-refractivity contribution in [2.45, 2.75) is 19.4 Å². The van der Waals surface area contributed by atoms with E-state index >= 15 is 0 Å². The number of benzene rings is 1. The Hall–Kier alpha value is -1.69. The Bertz CT molecular complexity index is 476. The van der Waals surface area contributed by atoms with E-state index in [1.807, 2.05) is 6.92 Å². The molecule has 0 aliphatic carbocycles. The zero-order valence-corrected chi connectivity index (χ0v) is 11.7. The van der Waals surface area contributed by atoms with Gasteiger partial charge < -0.3 is 15.2 Å². The molecule has 1 atom stereocenters. The molecular formula is C13H17NO4S. The van der Waals surface area contributed by atoms with Crippen molar-refractivity contribution >= 4 is 24.5 Å². The Morgan fingerprint density at radius 2 is 2.16 bits per heavy atom. The van der Waals surface area contributed by atoms with E-state index in [1.165, 1.54) is 7.11 Å². The number of methoxy groups -OCH3 is 1. The predicted octanol–water partition coefficient (Wildman–Crippen LogP) is 1.51. The van der Waals surface area contributed by atoms with Crippen LogP contribution in [0.15, 0.2) is 18.2 Å². The second-order valence-corrected chi connectivity index (χ2v) is 4.51. The number of carbonyl (C=O) groups excluding carboxylic acids is 1. The normalized spacial score (nSPS) is 11.7. The second kappa shape index (κ2) is 7.04. The zero-order chi connectivity index (χ0) is 14.4. The lowest BCUT2D eigenvalue weighted by atomic mass is 10.1. The number of ether oxygens (including phenoxy) is 1. The number of carbonyl (C=O) groups is 2. The molecule has 0 heterocycles. The molecule has 0 aliphatic rings. The van der Waals surface area contributed by atoms with E-state index in [0.29, 0.717) is 17.1 Å². The van der Waals surface area contributed by atoms with E-state index in [4.69, 9.17) is 9.84 Å². The van der Waals surface area contributed by atoms with Gasteiger partial charge in [0.05, 0.1) is 7.11 Å². The summed E-state index contributed by atoms with van der Waals surface area (Å²) in [5, 5.41) is 11.4. The smallest absolute Gasteiger partial charge is 0.326 e. The minimum atomic E-state index is -1.07. The SMILES string of the molecule is COc1cc(C(=O)NC(CCS)C(=O)O)ccc1C. The van der Waals surface area contributed by atoms with Crippen LogP contribution in [0.3, 0.4) is 0 Å². The highest BCUT2D eigenvalue weighted by atomic mass is 32.1. The molecule has 19 heavy (non-hydrogen) atoms. The number of hydrogen-bond donors (Lipinski definition) is 3. The molecule has 0 aliphatic heterocycles. The van der Waals surface area contributed by atoms with Gasteiger partial charge in [0.25, 0.3) is 5.91 Å². The van der Waals surface area contributed by atoms with E-state index in [1.54, 1.807) is 18.2 Å². The number of amides is 1. The first-order chi connectivity index (χ1) is 8.99. The molecule has 0 bridgehead atoms. The fourth-order valence-electron chi connectivity index (χ4n) is 1.59. The Labute approximate surface area is 117 Å². The van der Waals surface area contributed by atoms with Crippen molar-refractivity contribution in [1.82, 2.24) is 5.32 Å². The van der Waals surface area contributed by atoms with Crippen molar-refractivity contribution in [1.29, 1.82) is 0 Å². The molecule has 6 heteroatoms. The summed E-state index contributed by atoms with van der Waals surface area (Å²) in [7, 11) is 1.52. The molecule has 0 radical (unpaired) electrons. The lowest BCUT2D eigenvalue weighted by molar-refractivity contribution is -0.139. The standard InChI is InChI=1S/C13H17NO4S/c1-8-3-4-9(7-11(8)18-2)12(15)14-10(5-6-19)13(16)17/h3-4,7,10,19H,5-6H2,1-2H3,(H,14,15)(H,16,17). The first-order valence-electron chi connectivity index (χ1n) is 5.78. The van der Waals surface area contributed by atoms with Gasteiger partial charge in [-0.1, -0.05) is 6.07 Å². The molecule has 1 aromatic rings. The van der Waals surface area contributed by atoms with Gasteiger partial charge in [-0.3, -0.25) is 4.79 Å². The summed E-state index contributed by atoms with van der Waals surface area (Å²) < 4.78 is 5.13. The van der Waals surface area contributed by atoms with Gasteiger partial charge in [-0.15, -0.1) is 0 Å². The summed E-state index contributed by atoms with van der Waals surface area (Å²) in [6.45, 7) is 1.86. The average Bonchev–Trinajstić information content (AvgIpc) is 2.38. The highest BCUT2D eigenvalue weighted by Gasteiger charge is 2.20. The Balaban J connectivity index is 2.85. The lowest BCUT2D eigenvalue weighted by Gasteiger charge is -2.14. The molecule has 0 saturated heterocycles. The number of rotatable bonds is 6. The molecule has 0 aromatic heterocycles. The van der Waals surface area contributed by atoms with Crippen molar-refractivity contribution in [2.24, 2.45) is 0 Å². The number of thiol groups is 1. The van der Waals surface area contributed by atoms with E-state index in [0.717, 1.165) is 5.56 Å². The lowest BCUT2D eigenvalue weighted by Crippen LogP contribution is -2.41. The molecule has 2 N–H and O–H groups in total. The molecular weight excluding hydrogens is 266 g/mol. The van der Waals surface area contributed by atoms with Gasteiger partial charge in [0, 0.05) is 5.56 Å². The predicted molar refractivity (Wildman–Crippen MR) is 75.1 cm³/mol. The number of carboxylic acid groups (broad SMARTS) is 1. The number of nitrogens with one attached hydrogen (secondary N) is 1. The summed E-state index contributed by atoms with van der Waals surface area (Å²) in [5.41, 5.74) is 1.28. The third kappa shape index (κ3) is 4.17. The fraction of sp³-hybridized carbons (Fsp3) is 0.385. The largest absolute Gasteiger partial charge is 0.496 e. The van der Waals surface area contributed by atoms with Crippen LogP contribution in [0.1, 0.15) is 22.3 Å². The molecule has 1 amide bonds. The maximum absolute atomic E-state index is 12.0. The number of hydrogen-bond acceptors (Lipinski definition) is 4. The Kier molecular flexibility index (Phi) is 5.69. The minimum Gasteiger partial charge on any atom is -0.496 e. The monoisotopic (exact) mass is 283 g/mol. The van der Waals surface area contributed by atoms with Crippen LogP contribution in [-0.4, -0.2) is 35.9 Å². The first kappa shape index (κ1) is 15.4. The van der Waals surface area contributed by atoms with Gasteiger partial charge in [0.1, 0.15) is 11.8 Å². The zero-order valence-electron chi connectivity index (χ0n) is 10.8. The van der Waals surface area contributed by atoms with Crippen LogP contribution in [0.5, 0.6) is 5.75 Å². The first-order valence-corrected chi connectivity index (χ1v) is 6.42. The molecule has 104 valence electrons. The van der Waals surface area contributed by atoms with Crippen molar-refractivity contribution in [2.75, 3.05) is 12.9 Å². The number of carboxylic acids is 1. The molecule has 5 nitrogen and oxygen atoms in total. The Morgan fingerprint density at radius 3 is 2.68 bits per heavy atom. The summed E-state index contributed by atoms with van der Waals surface area (Å²) >= 11 is 3.97. The van der Waals surface area contributed by atoms with Gasteiger partial charge in [0.2, 0.25) is 0 Å². The van der Waals surface area contributed by atoms with E-state index in [2.05, 4.69) is 17.9 Å². The molecule has 1 unspecified atom stereocenters. The van der Waals surface area contributed by atoms with Crippen LogP contribution in [0.2, 0.25) is 0 Å². The van der Waals surface area contributed by atoms with Crippen molar-refractivity contribution in [3.8, 4) is 5.75 Å². The van der Waals surface area contributed by atoms with Crippen LogP contribution in [0, 0.1) is 6.92 Å². The van der Waals surface area contributed by atoms with Gasteiger partial charge in [0.15, 0.2) is 0 Å². The van der Waals surface area contributed by atoms with Crippen LogP contribution in [-0.2, 0) is 4.79 Å². The van der Waals surface area contributed by atoms with Gasteiger partial charge in [-0.05, 0) is 36.8 Å². The van der Waals surface area contributed by atoms with Crippen LogP contribution < -0.4 is 10.1 Å². The van der Waals surface area contributed by atoms with E-state index in [-0.39, 0.29) is 6.42 Å². The summed E-state index contributed by atoms with van der Waals surface area (Å²) in [4.78, 5) is 22.9. The number of aliphatic carboxylic acids is 1. The van der Waals surface area contributed by atoms with Gasteiger partial charge in [-0.2, -0.15) is 12.6 Å². The molecule has 0 saturated carbocycles. The quantitative estimate of drug-likeness (QED) is 0.692. The van der Waals surface area contributed by atoms with Gasteiger partial charge in [-0.25, -0.2) is 4.79 Å². The summed E-state index contributed by atoms with van der Waals surface area (Å²) in [5.74, 6) is -0.531. The van der Waals surface area contributed by atoms with Crippen molar-refractivity contribution < 1.29 is 19.4 Å². The van der Waals surface area contributed by atoms with Gasteiger partial charge >= 0.3 is 5.97 Å².